The van der Waals surface area contributed by atoms with Crippen LogP contribution in [0.4, 0.5) is 11.4 Å². The topological polar surface area (TPSA) is 84.0 Å². The Morgan fingerprint density at radius 1 is 0.525 bits per heavy atom. The van der Waals surface area contributed by atoms with E-state index >= 15 is 0 Å². The lowest BCUT2D eigenvalue weighted by atomic mass is 10.0. The second-order valence-corrected chi connectivity index (χ2v) is 9.78. The minimum atomic E-state index is -0.248. The van der Waals surface area contributed by atoms with Gasteiger partial charge in [-0.25, -0.2) is 9.97 Å². The molecule has 0 aliphatic rings. The first-order chi connectivity index (χ1) is 19.4. The van der Waals surface area contributed by atoms with E-state index in [0.717, 1.165) is 21.9 Å². The van der Waals surface area contributed by atoms with E-state index in [-0.39, 0.29) is 11.8 Å². The quantitative estimate of drug-likeness (QED) is 0.245. The number of amides is 2. The van der Waals surface area contributed by atoms with Gasteiger partial charge in [-0.15, -0.1) is 0 Å². The van der Waals surface area contributed by atoms with Crippen LogP contribution in [0.25, 0.3) is 33.2 Å². The lowest BCUT2D eigenvalue weighted by Crippen LogP contribution is -2.14. The first-order valence-electron chi connectivity index (χ1n) is 13.0. The molecule has 6 aromatic rings. The van der Waals surface area contributed by atoms with Crippen molar-refractivity contribution in [3.8, 4) is 11.4 Å². The second kappa shape index (κ2) is 10.4. The Morgan fingerprint density at radius 2 is 0.900 bits per heavy atom. The van der Waals surface area contributed by atoms with Gasteiger partial charge in [0.2, 0.25) is 0 Å². The van der Waals surface area contributed by atoms with Crippen LogP contribution in [-0.2, 0) is 0 Å². The molecular formula is C34H26N4O2. The van der Waals surface area contributed by atoms with Gasteiger partial charge >= 0.3 is 0 Å². The molecular weight excluding hydrogens is 496 g/mol. The van der Waals surface area contributed by atoms with Crippen LogP contribution in [-0.4, -0.2) is 21.8 Å². The number of benzene rings is 4. The predicted molar refractivity (Wildman–Crippen MR) is 161 cm³/mol. The lowest BCUT2D eigenvalue weighted by Gasteiger charge is -2.13. The molecule has 0 saturated carbocycles. The van der Waals surface area contributed by atoms with Crippen molar-refractivity contribution in [1.82, 2.24) is 9.97 Å². The van der Waals surface area contributed by atoms with Crippen LogP contribution in [0.15, 0.2) is 109 Å². The summed E-state index contributed by atoms with van der Waals surface area (Å²) in [5, 5.41) is 7.45. The van der Waals surface area contributed by atoms with E-state index in [4.69, 9.17) is 9.97 Å². The number of hydrogen-bond donors (Lipinski definition) is 2. The highest BCUT2D eigenvalue weighted by Gasteiger charge is 2.18. The number of para-hydroxylation sites is 2. The van der Waals surface area contributed by atoms with Gasteiger partial charge in [-0.1, -0.05) is 71.8 Å². The van der Waals surface area contributed by atoms with Crippen LogP contribution in [0.2, 0.25) is 0 Å². The highest BCUT2D eigenvalue weighted by atomic mass is 16.2. The normalized spacial score (nSPS) is 10.9. The number of nitrogens with one attached hydrogen (secondary N) is 2. The maximum atomic E-state index is 13.5. The molecule has 0 radical (unpaired) electrons. The standard InChI is InChI=1S/C34H26N4O2/c1-21-11-15-23(16-12-21)35-33(39)27-19-31(37-29-9-5-3-7-25(27)29)32-20-28(26-8-4-6-10-30(26)38-32)34(40)36-24-17-13-22(2)14-18-24/h3-20H,1-2H3,(H,35,39)(H,36,40). The summed E-state index contributed by atoms with van der Waals surface area (Å²) in [6.07, 6.45) is 0. The molecule has 2 N–H and O–H groups in total. The van der Waals surface area contributed by atoms with Gasteiger partial charge in [0.15, 0.2) is 0 Å². The summed E-state index contributed by atoms with van der Waals surface area (Å²) in [6.45, 7) is 4.00. The predicted octanol–water partition coefficient (Wildman–Crippen LogP) is 7.57. The SMILES string of the molecule is Cc1ccc(NC(=O)c2cc(-c3cc(C(=O)Nc4ccc(C)cc4)c4ccccc4n3)nc3ccccc23)cc1. The molecule has 0 spiro atoms. The molecule has 4 aromatic carbocycles. The van der Waals surface area contributed by atoms with Gasteiger partial charge in [0.25, 0.3) is 11.8 Å². The molecule has 6 rings (SSSR count). The van der Waals surface area contributed by atoms with Gasteiger partial charge in [0.05, 0.1) is 33.5 Å². The third-order valence-corrected chi connectivity index (χ3v) is 6.80. The van der Waals surface area contributed by atoms with Crippen molar-refractivity contribution in [1.29, 1.82) is 0 Å². The van der Waals surface area contributed by atoms with Crippen molar-refractivity contribution in [2.24, 2.45) is 0 Å². The van der Waals surface area contributed by atoms with Crippen molar-refractivity contribution >= 4 is 45.0 Å². The number of hydrogen-bond acceptors (Lipinski definition) is 4. The molecule has 0 fully saturated rings. The van der Waals surface area contributed by atoms with Gasteiger partial charge in [-0.2, -0.15) is 0 Å². The smallest absolute Gasteiger partial charge is 0.256 e. The fraction of sp³-hybridized carbons (Fsp3) is 0.0588. The average molecular weight is 523 g/mol. The summed E-state index contributed by atoms with van der Waals surface area (Å²) in [7, 11) is 0. The van der Waals surface area contributed by atoms with E-state index < -0.39 is 0 Å². The summed E-state index contributed by atoms with van der Waals surface area (Å²) in [4.78, 5) is 36.6. The van der Waals surface area contributed by atoms with E-state index in [1.165, 1.54) is 0 Å². The summed E-state index contributed by atoms with van der Waals surface area (Å²) in [6, 6.07) is 33.8. The number of fused-ring (bicyclic) bond motifs is 2. The number of carbonyl (C=O) groups is 2. The Morgan fingerprint density at radius 3 is 1.30 bits per heavy atom. The molecule has 2 heterocycles. The van der Waals surface area contributed by atoms with E-state index in [2.05, 4.69) is 10.6 Å². The third-order valence-electron chi connectivity index (χ3n) is 6.80. The largest absolute Gasteiger partial charge is 0.322 e. The highest BCUT2D eigenvalue weighted by molar-refractivity contribution is 6.14. The number of rotatable bonds is 5. The van der Waals surface area contributed by atoms with Crippen LogP contribution in [0.3, 0.4) is 0 Å². The molecule has 2 amide bonds. The Balaban J connectivity index is 1.45. The van der Waals surface area contributed by atoms with Gasteiger partial charge in [0.1, 0.15) is 0 Å². The van der Waals surface area contributed by atoms with Gasteiger partial charge < -0.3 is 10.6 Å². The molecule has 6 heteroatoms. The Bertz CT molecular complexity index is 1750. The maximum Gasteiger partial charge on any atom is 0.256 e. The van der Waals surface area contributed by atoms with E-state index in [9.17, 15) is 9.59 Å². The number of anilines is 2. The Hall–Kier alpha value is -5.36. The number of aryl methyl sites for hydroxylation is 2. The van der Waals surface area contributed by atoms with Crippen molar-refractivity contribution in [2.45, 2.75) is 13.8 Å². The summed E-state index contributed by atoms with van der Waals surface area (Å²) in [5.41, 5.74) is 6.91. The van der Waals surface area contributed by atoms with Crippen molar-refractivity contribution in [3.63, 3.8) is 0 Å². The summed E-state index contributed by atoms with van der Waals surface area (Å²) < 4.78 is 0. The van der Waals surface area contributed by atoms with E-state index in [1.807, 2.05) is 111 Å². The molecule has 6 nitrogen and oxygen atoms in total. The van der Waals surface area contributed by atoms with Gasteiger partial charge in [0, 0.05) is 22.1 Å². The zero-order valence-electron chi connectivity index (χ0n) is 22.1. The van der Waals surface area contributed by atoms with Crippen LogP contribution in [0, 0.1) is 13.8 Å². The van der Waals surface area contributed by atoms with Crippen LogP contribution >= 0.6 is 0 Å². The first-order valence-corrected chi connectivity index (χ1v) is 13.0. The maximum absolute atomic E-state index is 13.5. The Kier molecular flexibility index (Phi) is 6.50. The molecule has 0 bridgehead atoms. The monoisotopic (exact) mass is 522 g/mol. The van der Waals surface area contributed by atoms with E-state index in [1.54, 1.807) is 12.1 Å². The van der Waals surface area contributed by atoms with Crippen LogP contribution < -0.4 is 10.6 Å². The van der Waals surface area contributed by atoms with Crippen molar-refractivity contribution in [2.75, 3.05) is 10.6 Å². The van der Waals surface area contributed by atoms with Gasteiger partial charge in [-0.3, -0.25) is 9.59 Å². The summed E-state index contributed by atoms with van der Waals surface area (Å²) in [5.74, 6) is -0.497. The van der Waals surface area contributed by atoms with Gasteiger partial charge in [-0.05, 0) is 62.4 Å². The molecule has 0 aliphatic heterocycles. The zero-order chi connectivity index (χ0) is 27.6. The number of carbonyl (C=O) groups excluding carboxylic acids is 2. The zero-order valence-corrected chi connectivity index (χ0v) is 22.1. The number of aromatic nitrogens is 2. The molecule has 194 valence electrons. The number of nitrogens with zero attached hydrogens (tertiary/aromatic N) is 2. The van der Waals surface area contributed by atoms with Crippen molar-refractivity contribution in [3.05, 3.63) is 131 Å². The minimum Gasteiger partial charge on any atom is -0.322 e. The average Bonchev–Trinajstić information content (AvgIpc) is 2.98. The fourth-order valence-electron chi connectivity index (χ4n) is 4.66. The number of pyridine rings is 2. The summed E-state index contributed by atoms with van der Waals surface area (Å²) >= 11 is 0. The molecule has 0 atom stereocenters. The molecule has 0 saturated heterocycles. The molecule has 0 unspecified atom stereocenters. The third kappa shape index (κ3) is 5.02. The highest BCUT2D eigenvalue weighted by Crippen LogP contribution is 2.29. The fourth-order valence-corrected chi connectivity index (χ4v) is 4.66. The van der Waals surface area contributed by atoms with Crippen LogP contribution in [0.1, 0.15) is 31.8 Å². The second-order valence-electron chi connectivity index (χ2n) is 9.78. The first kappa shape index (κ1) is 24.9. The molecule has 0 aliphatic carbocycles. The Labute approximate surface area is 231 Å². The molecule has 2 aromatic heterocycles. The van der Waals surface area contributed by atoms with Crippen molar-refractivity contribution < 1.29 is 9.59 Å². The van der Waals surface area contributed by atoms with E-state index in [0.29, 0.717) is 44.9 Å². The minimum absolute atomic E-state index is 0.248. The molecule has 40 heavy (non-hydrogen) atoms. The van der Waals surface area contributed by atoms with Crippen LogP contribution in [0.5, 0.6) is 0 Å². The lowest BCUT2D eigenvalue weighted by molar-refractivity contribution is 0.102.